The Labute approximate surface area is 240 Å². The van der Waals surface area contributed by atoms with E-state index in [0.717, 1.165) is 50.1 Å². The maximum absolute atomic E-state index is 11.7. The third-order valence-electron chi connectivity index (χ3n) is 8.44. The van der Waals surface area contributed by atoms with E-state index in [2.05, 4.69) is 131 Å². The van der Waals surface area contributed by atoms with Crippen molar-refractivity contribution in [2.45, 2.75) is 52.4 Å². The molecule has 6 nitrogen and oxygen atoms in total. The van der Waals surface area contributed by atoms with Crippen LogP contribution in [-0.2, 0) is 31.6 Å². The third kappa shape index (κ3) is 4.34. The van der Waals surface area contributed by atoms with Crippen molar-refractivity contribution in [1.29, 1.82) is 0 Å². The molecule has 3 heterocycles. The largest absolute Gasteiger partial charge is 0.507 e. The van der Waals surface area contributed by atoms with Crippen LogP contribution in [0.25, 0.3) is 22.1 Å². The second-order valence-corrected chi connectivity index (χ2v) is 12.2. The van der Waals surface area contributed by atoms with Crippen LogP contribution in [0.4, 0.5) is 0 Å². The Kier molecular flexibility index (Phi) is 5.89. The number of nitrogens with zero attached hydrogens (tertiary/aromatic N) is 4. The van der Waals surface area contributed by atoms with Crippen LogP contribution in [0, 0.1) is 0 Å². The van der Waals surface area contributed by atoms with Crippen molar-refractivity contribution >= 4 is 22.1 Å². The van der Waals surface area contributed by atoms with Gasteiger partial charge in [-0.15, -0.1) is 0 Å². The van der Waals surface area contributed by atoms with Gasteiger partial charge in [0.1, 0.15) is 37.7 Å². The molecular weight excluding hydrogens is 508 g/mol. The predicted octanol–water partition coefficient (Wildman–Crippen LogP) is 5.69. The molecule has 1 aliphatic heterocycles. The zero-order chi connectivity index (χ0) is 28.3. The average molecular weight is 545 g/mol. The molecule has 0 fully saturated rings. The number of phenolic OH excluding ortho intramolecular Hbond substituents is 1. The Hall–Kier alpha value is -4.58. The average Bonchev–Trinajstić information content (AvgIpc) is 3.48. The molecule has 0 unspecified atom stereocenters. The van der Waals surface area contributed by atoms with Crippen LogP contribution < -0.4 is 13.9 Å². The fourth-order valence-corrected chi connectivity index (χ4v) is 6.31. The molecule has 41 heavy (non-hydrogen) atoms. The molecule has 1 aliphatic rings. The lowest BCUT2D eigenvalue weighted by molar-refractivity contribution is -0.664. The number of hydrogen-bond donors (Lipinski definition) is 1. The highest BCUT2D eigenvalue weighted by Crippen LogP contribution is 2.33. The fraction of sp³-hybridized carbons (Fsp3) is 0.257. The summed E-state index contributed by atoms with van der Waals surface area (Å²) in [5.74, 6) is 1.29. The van der Waals surface area contributed by atoms with E-state index in [9.17, 15) is 5.11 Å². The molecule has 0 spiro atoms. The molecular formula is C35H36N4O2+2. The quantitative estimate of drug-likeness (QED) is 0.270. The first-order valence-electron chi connectivity index (χ1n) is 14.2. The highest BCUT2D eigenvalue weighted by molar-refractivity contribution is 5.73. The van der Waals surface area contributed by atoms with Gasteiger partial charge >= 0.3 is 0 Å². The van der Waals surface area contributed by atoms with Crippen LogP contribution in [0.15, 0.2) is 91.5 Å². The van der Waals surface area contributed by atoms with E-state index in [1.807, 2.05) is 0 Å². The van der Waals surface area contributed by atoms with Crippen LogP contribution in [0.1, 0.15) is 48.6 Å². The molecule has 206 valence electrons. The zero-order valence-corrected chi connectivity index (χ0v) is 24.1. The number of aromatic nitrogens is 4. The summed E-state index contributed by atoms with van der Waals surface area (Å²) in [5.41, 5.74) is 9.83. The number of benzene rings is 4. The highest BCUT2D eigenvalue weighted by Gasteiger charge is 2.26. The SMILES string of the molecule is COc1c2cccc1Cn1c[n+](c3ccccc31)Cc1cc(C(C)(C)C)cc(c1O)C[n+]1cn(c3ccccc31)C2. The first-order valence-corrected chi connectivity index (χ1v) is 14.2. The number of hydrogen-bond acceptors (Lipinski definition) is 2. The van der Waals surface area contributed by atoms with E-state index in [4.69, 9.17) is 4.74 Å². The lowest BCUT2D eigenvalue weighted by Crippen LogP contribution is -2.35. The van der Waals surface area contributed by atoms with Crippen molar-refractivity contribution in [3.63, 3.8) is 0 Å². The van der Waals surface area contributed by atoms with E-state index in [-0.39, 0.29) is 5.41 Å². The molecule has 0 saturated heterocycles. The Morgan fingerprint density at radius 2 is 1.17 bits per heavy atom. The van der Waals surface area contributed by atoms with Crippen molar-refractivity contribution in [1.82, 2.24) is 9.13 Å². The number of aromatic hydroxyl groups is 1. The number of ether oxygens (including phenoxy) is 1. The summed E-state index contributed by atoms with van der Waals surface area (Å²) < 4.78 is 15.1. The van der Waals surface area contributed by atoms with Crippen LogP contribution in [-0.4, -0.2) is 21.4 Å². The van der Waals surface area contributed by atoms with Crippen molar-refractivity contribution in [2.24, 2.45) is 0 Å². The van der Waals surface area contributed by atoms with Gasteiger partial charge in [0.25, 0.3) is 0 Å². The minimum Gasteiger partial charge on any atom is -0.507 e. The van der Waals surface area contributed by atoms with E-state index < -0.39 is 0 Å². The van der Waals surface area contributed by atoms with Crippen molar-refractivity contribution in [3.8, 4) is 11.5 Å². The molecule has 6 heteroatoms. The van der Waals surface area contributed by atoms with Gasteiger partial charge in [0.05, 0.1) is 7.11 Å². The van der Waals surface area contributed by atoms with Gasteiger partial charge in [0.15, 0.2) is 22.1 Å². The summed E-state index contributed by atoms with van der Waals surface area (Å²) in [5, 5.41) is 11.7. The zero-order valence-electron chi connectivity index (χ0n) is 24.1. The van der Waals surface area contributed by atoms with E-state index >= 15 is 0 Å². The van der Waals surface area contributed by atoms with Gasteiger partial charge in [-0.1, -0.05) is 63.2 Å². The van der Waals surface area contributed by atoms with E-state index in [1.165, 1.54) is 5.56 Å². The molecule has 4 aromatic carbocycles. The van der Waals surface area contributed by atoms with Gasteiger partial charge in [-0.25, -0.2) is 18.3 Å². The van der Waals surface area contributed by atoms with Crippen LogP contribution in [0.3, 0.4) is 0 Å². The molecule has 0 amide bonds. The molecule has 7 rings (SSSR count). The van der Waals surface area contributed by atoms with Crippen molar-refractivity contribution in [3.05, 3.63) is 119 Å². The van der Waals surface area contributed by atoms with Gasteiger partial charge in [0, 0.05) is 22.3 Å². The van der Waals surface area contributed by atoms with Gasteiger partial charge in [-0.2, -0.15) is 0 Å². The first-order chi connectivity index (χ1) is 19.8. The number of fused-ring (bicyclic) bond motifs is 14. The number of imidazole rings is 2. The summed E-state index contributed by atoms with van der Waals surface area (Å²) in [7, 11) is 1.77. The summed E-state index contributed by atoms with van der Waals surface area (Å²) in [6.07, 6.45) is 4.34. The van der Waals surface area contributed by atoms with Crippen molar-refractivity contribution < 1.29 is 19.0 Å². The lowest BCUT2D eigenvalue weighted by atomic mass is 9.84. The monoisotopic (exact) mass is 544 g/mol. The fourth-order valence-electron chi connectivity index (χ4n) is 6.31. The summed E-state index contributed by atoms with van der Waals surface area (Å²) >= 11 is 0. The number of methoxy groups -OCH3 is 1. The summed E-state index contributed by atoms with van der Waals surface area (Å²) in [4.78, 5) is 0. The molecule has 0 atom stereocenters. The second-order valence-electron chi connectivity index (χ2n) is 12.2. The Balaban J connectivity index is 1.51. The van der Waals surface area contributed by atoms with E-state index in [0.29, 0.717) is 31.9 Å². The standard InChI is InChI=1S/C35H35N4O2/c1-35(2,3)28-16-26-20-38-22-36(29-12-5-7-14-31(29)38)18-24-10-9-11-25(34(24)41-4)19-37-23-39(21-27(17-28)33(26)40)32-15-8-6-13-30(32)37/h5-17,22-23H,18-21H2,1-4H3/q+1/p+1. The molecule has 0 aliphatic carbocycles. The predicted molar refractivity (Wildman–Crippen MR) is 160 cm³/mol. The molecule has 6 aromatic rings. The van der Waals surface area contributed by atoms with Crippen molar-refractivity contribution in [2.75, 3.05) is 7.11 Å². The molecule has 2 aromatic heterocycles. The Morgan fingerprint density at radius 1 is 0.683 bits per heavy atom. The van der Waals surface area contributed by atoms with Gasteiger partial charge in [-0.3, -0.25) is 0 Å². The van der Waals surface area contributed by atoms with Gasteiger partial charge in [-0.05, 0) is 47.4 Å². The van der Waals surface area contributed by atoms with Crippen LogP contribution in [0.2, 0.25) is 0 Å². The minimum atomic E-state index is -0.0609. The normalized spacial score (nSPS) is 13.6. The smallest absolute Gasteiger partial charge is 0.245 e. The Morgan fingerprint density at radius 3 is 1.63 bits per heavy atom. The van der Waals surface area contributed by atoms with Gasteiger partial charge in [0.2, 0.25) is 12.7 Å². The number of phenols is 1. The van der Waals surface area contributed by atoms with E-state index in [1.54, 1.807) is 7.11 Å². The summed E-state index contributed by atoms with van der Waals surface area (Å²) in [6, 6.07) is 27.8. The molecule has 0 saturated carbocycles. The molecule has 8 bridgehead atoms. The maximum atomic E-state index is 11.7. The Bertz CT molecular complexity index is 1810. The second kappa shape index (κ2) is 9.51. The number of para-hydroxylation sites is 5. The first kappa shape index (κ1) is 25.4. The van der Waals surface area contributed by atoms with Gasteiger partial charge < -0.3 is 9.84 Å². The van der Waals surface area contributed by atoms with Crippen LogP contribution >= 0.6 is 0 Å². The summed E-state index contributed by atoms with van der Waals surface area (Å²) in [6.45, 7) is 9.19. The lowest BCUT2D eigenvalue weighted by Gasteiger charge is -2.22. The third-order valence-corrected chi connectivity index (χ3v) is 8.44. The highest BCUT2D eigenvalue weighted by atomic mass is 16.5. The number of rotatable bonds is 1. The molecule has 1 N–H and O–H groups in total. The maximum Gasteiger partial charge on any atom is 0.245 e. The topological polar surface area (TPSA) is 47.1 Å². The van der Waals surface area contributed by atoms with Crippen LogP contribution in [0.5, 0.6) is 11.5 Å². The minimum absolute atomic E-state index is 0.0609. The molecule has 0 radical (unpaired) electrons.